The highest BCUT2D eigenvalue weighted by molar-refractivity contribution is 5.65. The number of rotatable bonds is 11. The van der Waals surface area contributed by atoms with Crippen molar-refractivity contribution in [3.8, 4) is 22.9 Å². The molecule has 7 heteroatoms. The van der Waals surface area contributed by atoms with Crippen molar-refractivity contribution in [2.75, 3.05) is 26.8 Å². The van der Waals surface area contributed by atoms with Gasteiger partial charge in [0, 0.05) is 39.4 Å². The second-order valence-electron chi connectivity index (χ2n) is 7.44. The molecule has 0 spiro atoms. The van der Waals surface area contributed by atoms with Gasteiger partial charge in [0.1, 0.15) is 5.69 Å². The number of ether oxygens (including phenoxy) is 2. The highest BCUT2D eigenvalue weighted by Gasteiger charge is 2.23. The van der Waals surface area contributed by atoms with E-state index >= 15 is 0 Å². The molecule has 166 valence electrons. The Morgan fingerprint density at radius 1 is 1.13 bits per heavy atom. The summed E-state index contributed by atoms with van der Waals surface area (Å²) in [6, 6.07) is 16.1. The number of para-hydroxylation sites is 1. The van der Waals surface area contributed by atoms with Crippen LogP contribution in [0.15, 0.2) is 54.6 Å². The van der Waals surface area contributed by atoms with Crippen molar-refractivity contribution in [1.29, 1.82) is 0 Å². The van der Waals surface area contributed by atoms with Crippen molar-refractivity contribution in [1.82, 2.24) is 14.7 Å². The first kappa shape index (κ1) is 22.9. The normalized spacial score (nSPS) is 12.3. The Balaban J connectivity index is 2.02. The molecule has 1 atom stereocenters. The van der Waals surface area contributed by atoms with E-state index in [1.165, 1.54) is 6.07 Å². The lowest BCUT2D eigenvalue weighted by atomic mass is 10.1. The molecule has 1 N–H and O–H groups in total. The lowest BCUT2D eigenvalue weighted by molar-refractivity contribution is 0.0827. The zero-order chi connectivity index (χ0) is 22.2. The predicted octanol–water partition coefficient (Wildman–Crippen LogP) is 4.24. The van der Waals surface area contributed by atoms with Crippen LogP contribution in [-0.2, 0) is 18.3 Å². The fourth-order valence-corrected chi connectivity index (χ4v) is 3.39. The number of aryl methyl sites for hydroxylation is 1. The van der Waals surface area contributed by atoms with Gasteiger partial charge >= 0.3 is 0 Å². The van der Waals surface area contributed by atoms with Gasteiger partial charge in [-0.05, 0) is 18.6 Å². The zero-order valence-corrected chi connectivity index (χ0v) is 18.3. The summed E-state index contributed by atoms with van der Waals surface area (Å²) in [6.07, 6.45) is 0.199. The first-order valence-electron chi connectivity index (χ1n) is 10.5. The van der Waals surface area contributed by atoms with E-state index < -0.39 is 11.9 Å². The van der Waals surface area contributed by atoms with Crippen molar-refractivity contribution in [3.63, 3.8) is 0 Å². The molecule has 3 aromatic rings. The van der Waals surface area contributed by atoms with E-state index in [-0.39, 0.29) is 5.75 Å². The van der Waals surface area contributed by atoms with Crippen molar-refractivity contribution in [2.45, 2.75) is 26.0 Å². The number of halogens is 1. The second-order valence-corrected chi connectivity index (χ2v) is 7.44. The van der Waals surface area contributed by atoms with Crippen LogP contribution in [0, 0.1) is 5.82 Å². The predicted molar refractivity (Wildman–Crippen MR) is 119 cm³/mol. The van der Waals surface area contributed by atoms with E-state index in [2.05, 4.69) is 10.00 Å². The van der Waals surface area contributed by atoms with E-state index in [1.807, 2.05) is 37.3 Å². The minimum absolute atomic E-state index is 0.142. The number of hydrogen-bond acceptors (Lipinski definition) is 5. The molecule has 1 unspecified atom stereocenters. The van der Waals surface area contributed by atoms with Gasteiger partial charge in [-0.3, -0.25) is 4.90 Å². The summed E-state index contributed by atoms with van der Waals surface area (Å²) in [7, 11) is 3.44. The van der Waals surface area contributed by atoms with Crippen LogP contribution in [0.4, 0.5) is 4.39 Å². The average Bonchev–Trinajstić information content (AvgIpc) is 3.09. The SMILES string of the molecule is CCC(O)CN(CCOC)Cc1c(-c2ccccc2)nn(C)c1Oc1ccccc1F. The molecule has 1 heterocycles. The van der Waals surface area contributed by atoms with Gasteiger partial charge in [0.2, 0.25) is 5.88 Å². The molecule has 1 aromatic heterocycles. The van der Waals surface area contributed by atoms with Crippen LogP contribution in [0.3, 0.4) is 0 Å². The number of benzene rings is 2. The summed E-state index contributed by atoms with van der Waals surface area (Å²) >= 11 is 0. The standard InChI is InChI=1S/C24H30FN3O3/c1-4-19(29)16-28(14-15-30-3)17-20-23(18-10-6-5-7-11-18)26-27(2)24(20)31-22-13-9-8-12-21(22)25/h5-13,19,29H,4,14-17H2,1-3H3. The number of hydrogen-bond donors (Lipinski definition) is 1. The van der Waals surface area contributed by atoms with E-state index in [9.17, 15) is 9.50 Å². The van der Waals surface area contributed by atoms with Crippen LogP contribution in [0.2, 0.25) is 0 Å². The van der Waals surface area contributed by atoms with Gasteiger partial charge in [0.05, 0.1) is 18.3 Å². The first-order chi connectivity index (χ1) is 15.0. The lowest BCUT2D eigenvalue weighted by Crippen LogP contribution is -2.34. The summed E-state index contributed by atoms with van der Waals surface area (Å²) in [5, 5.41) is 14.9. The van der Waals surface area contributed by atoms with Crippen LogP contribution >= 0.6 is 0 Å². The molecule has 0 radical (unpaired) electrons. The maximum atomic E-state index is 14.3. The van der Waals surface area contributed by atoms with E-state index in [1.54, 1.807) is 37.0 Å². The summed E-state index contributed by atoms with van der Waals surface area (Å²) in [5.41, 5.74) is 2.54. The van der Waals surface area contributed by atoms with Crippen molar-refractivity contribution in [2.24, 2.45) is 7.05 Å². The molecule has 31 heavy (non-hydrogen) atoms. The van der Waals surface area contributed by atoms with Crippen molar-refractivity contribution < 1.29 is 19.0 Å². The van der Waals surface area contributed by atoms with E-state index in [4.69, 9.17) is 9.47 Å². The number of nitrogens with zero attached hydrogens (tertiary/aromatic N) is 3. The largest absolute Gasteiger partial charge is 0.436 e. The molecule has 0 saturated carbocycles. The van der Waals surface area contributed by atoms with Crippen LogP contribution in [0.25, 0.3) is 11.3 Å². The third-order valence-electron chi connectivity index (χ3n) is 5.11. The number of aliphatic hydroxyl groups excluding tert-OH is 1. The van der Waals surface area contributed by atoms with E-state index in [0.717, 1.165) is 16.8 Å². The van der Waals surface area contributed by atoms with Crippen LogP contribution in [0.5, 0.6) is 11.6 Å². The summed E-state index contributed by atoms with van der Waals surface area (Å²) in [5.74, 6) is 0.175. The minimum atomic E-state index is -0.454. The monoisotopic (exact) mass is 427 g/mol. The minimum Gasteiger partial charge on any atom is -0.436 e. The van der Waals surface area contributed by atoms with Gasteiger partial charge in [-0.1, -0.05) is 49.4 Å². The topological polar surface area (TPSA) is 59.8 Å². The molecule has 0 saturated heterocycles. The van der Waals surface area contributed by atoms with Crippen LogP contribution < -0.4 is 4.74 Å². The average molecular weight is 428 g/mol. The molecule has 0 bridgehead atoms. The Hall–Kier alpha value is -2.74. The molecular formula is C24H30FN3O3. The second kappa shape index (κ2) is 11.0. The Morgan fingerprint density at radius 3 is 2.52 bits per heavy atom. The highest BCUT2D eigenvalue weighted by Crippen LogP contribution is 2.34. The zero-order valence-electron chi connectivity index (χ0n) is 18.3. The Morgan fingerprint density at radius 2 is 1.84 bits per heavy atom. The number of aliphatic hydroxyl groups is 1. The molecule has 0 fully saturated rings. The molecule has 0 aliphatic carbocycles. The Kier molecular flexibility index (Phi) is 8.17. The molecule has 0 aliphatic heterocycles. The molecular weight excluding hydrogens is 397 g/mol. The van der Waals surface area contributed by atoms with Gasteiger partial charge in [0.25, 0.3) is 0 Å². The fraction of sp³-hybridized carbons (Fsp3) is 0.375. The maximum absolute atomic E-state index is 14.3. The van der Waals surface area contributed by atoms with Crippen molar-refractivity contribution in [3.05, 3.63) is 66.0 Å². The summed E-state index contributed by atoms with van der Waals surface area (Å²) < 4.78 is 27.2. The molecule has 6 nitrogen and oxygen atoms in total. The van der Waals surface area contributed by atoms with Crippen LogP contribution in [-0.4, -0.2) is 52.7 Å². The molecule has 2 aromatic carbocycles. The summed E-state index contributed by atoms with van der Waals surface area (Å²) in [4.78, 5) is 2.11. The third kappa shape index (κ3) is 5.91. The van der Waals surface area contributed by atoms with Gasteiger partial charge < -0.3 is 14.6 Å². The molecule has 0 aliphatic rings. The maximum Gasteiger partial charge on any atom is 0.222 e. The van der Waals surface area contributed by atoms with Crippen LogP contribution in [0.1, 0.15) is 18.9 Å². The lowest BCUT2D eigenvalue weighted by Gasteiger charge is -2.25. The Bertz CT molecular complexity index is 962. The highest BCUT2D eigenvalue weighted by atomic mass is 19.1. The number of aromatic nitrogens is 2. The van der Waals surface area contributed by atoms with Gasteiger partial charge in [0.15, 0.2) is 11.6 Å². The quantitative estimate of drug-likeness (QED) is 0.496. The first-order valence-corrected chi connectivity index (χ1v) is 10.5. The van der Waals surface area contributed by atoms with E-state index in [0.29, 0.717) is 38.5 Å². The summed E-state index contributed by atoms with van der Waals surface area (Å²) in [6.45, 7) is 4.08. The fourth-order valence-electron chi connectivity index (χ4n) is 3.39. The van der Waals surface area contributed by atoms with Gasteiger partial charge in [-0.25, -0.2) is 9.07 Å². The smallest absolute Gasteiger partial charge is 0.222 e. The Labute approximate surface area is 182 Å². The number of methoxy groups -OCH3 is 1. The molecule has 0 amide bonds. The van der Waals surface area contributed by atoms with Crippen molar-refractivity contribution >= 4 is 0 Å². The van der Waals surface area contributed by atoms with Gasteiger partial charge in [-0.15, -0.1) is 0 Å². The third-order valence-corrected chi connectivity index (χ3v) is 5.11. The van der Waals surface area contributed by atoms with Gasteiger partial charge in [-0.2, -0.15) is 5.10 Å². The molecule has 3 rings (SSSR count).